The lowest BCUT2D eigenvalue weighted by Crippen LogP contribution is -2.13. The third-order valence-corrected chi connectivity index (χ3v) is 5.35. The minimum atomic E-state index is 0.589. The van der Waals surface area contributed by atoms with Crippen molar-refractivity contribution < 1.29 is 4.74 Å². The van der Waals surface area contributed by atoms with E-state index in [1.54, 1.807) is 0 Å². The van der Waals surface area contributed by atoms with Crippen LogP contribution >= 0.6 is 11.6 Å². The van der Waals surface area contributed by atoms with Gasteiger partial charge in [-0.2, -0.15) is 0 Å². The second-order valence-corrected chi connectivity index (χ2v) is 6.86. The maximum Gasteiger partial charge on any atom is 0.0891 e. The predicted molar refractivity (Wildman–Crippen MR) is 99.9 cm³/mol. The third-order valence-electron chi connectivity index (χ3n) is 4.99. The van der Waals surface area contributed by atoms with Gasteiger partial charge in [-0.3, -0.25) is 4.99 Å². The molecule has 0 saturated carbocycles. The first-order valence-corrected chi connectivity index (χ1v) is 8.89. The molecule has 0 bridgehead atoms. The molecule has 0 N–H and O–H groups in total. The van der Waals surface area contributed by atoms with Crippen molar-refractivity contribution in [3.63, 3.8) is 0 Å². The average Bonchev–Trinajstić information content (AvgIpc) is 3.06. The molecule has 0 unspecified atom stereocenters. The van der Waals surface area contributed by atoms with Crippen LogP contribution in [0.15, 0.2) is 59.7 Å². The Labute approximate surface area is 151 Å². The van der Waals surface area contributed by atoms with E-state index in [0.29, 0.717) is 13.2 Å². The molecule has 0 radical (unpaired) electrons. The maximum absolute atomic E-state index is 6.44. The van der Waals surface area contributed by atoms with Gasteiger partial charge in [0.2, 0.25) is 0 Å². The zero-order valence-corrected chi connectivity index (χ0v) is 14.5. The Morgan fingerprint density at radius 1 is 1.04 bits per heavy atom. The number of nitrogens with zero attached hydrogens (tertiary/aromatic N) is 2. The summed E-state index contributed by atoms with van der Waals surface area (Å²) < 4.78 is 7.74. The molecule has 2 aliphatic heterocycles. The quantitative estimate of drug-likeness (QED) is 0.633. The van der Waals surface area contributed by atoms with Gasteiger partial charge in [0.25, 0.3) is 0 Å². The molecular formula is C21H17ClN2O. The highest BCUT2D eigenvalue weighted by molar-refractivity contribution is 6.31. The van der Waals surface area contributed by atoms with Crippen molar-refractivity contribution in [2.45, 2.75) is 19.6 Å². The molecular weight excluding hydrogens is 332 g/mol. The largest absolute Gasteiger partial charge is 0.376 e. The zero-order chi connectivity index (χ0) is 16.8. The Bertz CT molecular complexity index is 1000. The monoisotopic (exact) mass is 348 g/mol. The van der Waals surface area contributed by atoms with E-state index in [9.17, 15) is 0 Å². The first kappa shape index (κ1) is 14.9. The molecule has 0 atom stereocenters. The predicted octanol–water partition coefficient (Wildman–Crippen LogP) is 4.55. The maximum atomic E-state index is 6.44. The Balaban J connectivity index is 1.68. The second kappa shape index (κ2) is 5.87. The standard InChI is InChI=1S/C21H17ClN2O/c22-18-3-1-4-19-17(18)12-23-21(20-5-2-9-24(19)20)15-6-7-16-13-25-10-8-14(16)11-15/h1-7,9,11H,8,10,12-13H2. The summed E-state index contributed by atoms with van der Waals surface area (Å²) in [4.78, 5) is 4.94. The Kier molecular flexibility index (Phi) is 3.51. The molecule has 0 saturated heterocycles. The molecule has 25 heavy (non-hydrogen) atoms. The summed E-state index contributed by atoms with van der Waals surface area (Å²) in [5, 5.41) is 0.768. The van der Waals surface area contributed by atoms with E-state index in [-0.39, 0.29) is 0 Å². The Morgan fingerprint density at radius 2 is 2.00 bits per heavy atom. The van der Waals surface area contributed by atoms with Crippen LogP contribution in [0.2, 0.25) is 5.02 Å². The first-order valence-electron chi connectivity index (χ1n) is 8.51. The molecule has 4 heteroatoms. The SMILES string of the molecule is Clc1cccc2c1CN=C(c1ccc3c(c1)CCOC3)c1cccn1-2. The summed E-state index contributed by atoms with van der Waals surface area (Å²) in [6.07, 6.45) is 3.04. The van der Waals surface area contributed by atoms with E-state index in [1.807, 2.05) is 12.1 Å². The van der Waals surface area contributed by atoms with Crippen LogP contribution in [0.4, 0.5) is 0 Å². The highest BCUT2D eigenvalue weighted by Gasteiger charge is 2.20. The summed E-state index contributed by atoms with van der Waals surface area (Å²) in [6, 6.07) is 16.8. The van der Waals surface area contributed by atoms with E-state index in [0.717, 1.165) is 46.3 Å². The number of rotatable bonds is 1. The molecule has 3 heterocycles. The van der Waals surface area contributed by atoms with Gasteiger partial charge in [-0.15, -0.1) is 0 Å². The van der Waals surface area contributed by atoms with Crippen molar-refractivity contribution in [2.24, 2.45) is 4.99 Å². The molecule has 0 aliphatic carbocycles. The minimum Gasteiger partial charge on any atom is -0.376 e. The number of aromatic nitrogens is 1. The van der Waals surface area contributed by atoms with Crippen molar-refractivity contribution in [3.8, 4) is 5.69 Å². The lowest BCUT2D eigenvalue weighted by atomic mass is 9.97. The van der Waals surface area contributed by atoms with Crippen LogP contribution in [0.25, 0.3) is 5.69 Å². The van der Waals surface area contributed by atoms with Crippen molar-refractivity contribution in [1.29, 1.82) is 0 Å². The molecule has 2 aromatic carbocycles. The number of ether oxygens (including phenoxy) is 1. The number of aliphatic imine (C=N–C) groups is 1. The Hall–Kier alpha value is -2.36. The highest BCUT2D eigenvalue weighted by atomic mass is 35.5. The van der Waals surface area contributed by atoms with Gasteiger partial charge < -0.3 is 9.30 Å². The molecule has 3 aromatic rings. The van der Waals surface area contributed by atoms with Crippen molar-refractivity contribution in [2.75, 3.05) is 6.61 Å². The van der Waals surface area contributed by atoms with Crippen LogP contribution in [-0.4, -0.2) is 16.9 Å². The number of halogens is 1. The number of hydrogen-bond acceptors (Lipinski definition) is 2. The van der Waals surface area contributed by atoms with Gasteiger partial charge in [0, 0.05) is 22.3 Å². The highest BCUT2D eigenvalue weighted by Crippen LogP contribution is 2.30. The summed E-state index contributed by atoms with van der Waals surface area (Å²) in [7, 11) is 0. The van der Waals surface area contributed by atoms with E-state index < -0.39 is 0 Å². The zero-order valence-electron chi connectivity index (χ0n) is 13.7. The number of hydrogen-bond donors (Lipinski definition) is 0. The van der Waals surface area contributed by atoms with Gasteiger partial charge in [0.15, 0.2) is 0 Å². The average molecular weight is 349 g/mol. The minimum absolute atomic E-state index is 0.589. The molecule has 0 spiro atoms. The molecule has 3 nitrogen and oxygen atoms in total. The van der Waals surface area contributed by atoms with Crippen LogP contribution in [-0.2, 0) is 24.3 Å². The van der Waals surface area contributed by atoms with E-state index in [1.165, 1.54) is 11.1 Å². The molecule has 2 aliphatic rings. The third kappa shape index (κ3) is 2.43. The van der Waals surface area contributed by atoms with Crippen LogP contribution < -0.4 is 0 Å². The summed E-state index contributed by atoms with van der Waals surface area (Å²) >= 11 is 6.44. The summed E-state index contributed by atoms with van der Waals surface area (Å²) in [5.41, 5.74) is 8.11. The van der Waals surface area contributed by atoms with Crippen LogP contribution in [0, 0.1) is 0 Å². The Morgan fingerprint density at radius 3 is 2.96 bits per heavy atom. The van der Waals surface area contributed by atoms with E-state index in [2.05, 4.69) is 47.2 Å². The second-order valence-electron chi connectivity index (χ2n) is 6.45. The fourth-order valence-corrected chi connectivity index (χ4v) is 3.93. The number of fused-ring (bicyclic) bond motifs is 4. The molecule has 124 valence electrons. The van der Waals surface area contributed by atoms with Gasteiger partial charge >= 0.3 is 0 Å². The fourth-order valence-electron chi connectivity index (χ4n) is 3.70. The van der Waals surface area contributed by atoms with Crippen LogP contribution in [0.1, 0.15) is 27.9 Å². The van der Waals surface area contributed by atoms with Crippen LogP contribution in [0.5, 0.6) is 0 Å². The van der Waals surface area contributed by atoms with Crippen molar-refractivity contribution >= 4 is 17.3 Å². The van der Waals surface area contributed by atoms with Gasteiger partial charge in [0.05, 0.1) is 36.9 Å². The fraction of sp³-hybridized carbons (Fsp3) is 0.190. The summed E-state index contributed by atoms with van der Waals surface area (Å²) in [5.74, 6) is 0. The molecule has 0 fully saturated rings. The van der Waals surface area contributed by atoms with E-state index in [4.69, 9.17) is 21.3 Å². The molecule has 5 rings (SSSR count). The topological polar surface area (TPSA) is 26.5 Å². The summed E-state index contributed by atoms with van der Waals surface area (Å²) in [6.45, 7) is 2.09. The van der Waals surface area contributed by atoms with Gasteiger partial charge in [-0.1, -0.05) is 29.8 Å². The number of benzene rings is 2. The van der Waals surface area contributed by atoms with Crippen LogP contribution in [0.3, 0.4) is 0 Å². The van der Waals surface area contributed by atoms with Gasteiger partial charge in [-0.05, 0) is 47.9 Å². The van der Waals surface area contributed by atoms with E-state index >= 15 is 0 Å². The molecule has 1 aromatic heterocycles. The first-order chi connectivity index (χ1) is 12.3. The smallest absolute Gasteiger partial charge is 0.0891 e. The molecule has 0 amide bonds. The normalized spacial score (nSPS) is 15.6. The van der Waals surface area contributed by atoms with Crippen molar-refractivity contribution in [1.82, 2.24) is 4.57 Å². The van der Waals surface area contributed by atoms with Crippen molar-refractivity contribution in [3.05, 3.63) is 87.7 Å². The van der Waals surface area contributed by atoms with Gasteiger partial charge in [-0.25, -0.2) is 0 Å². The lowest BCUT2D eigenvalue weighted by molar-refractivity contribution is 0.111. The lowest BCUT2D eigenvalue weighted by Gasteiger charge is -2.18. The van der Waals surface area contributed by atoms with Gasteiger partial charge in [0.1, 0.15) is 0 Å².